The van der Waals surface area contributed by atoms with Crippen LogP contribution in [-0.2, 0) is 15.8 Å². The van der Waals surface area contributed by atoms with E-state index in [9.17, 15) is 31.5 Å². The molecule has 2 aromatic rings. The lowest BCUT2D eigenvalue weighted by Crippen LogP contribution is -2.58. The number of benzene rings is 1. The van der Waals surface area contributed by atoms with Crippen molar-refractivity contribution >= 4 is 35.4 Å². The van der Waals surface area contributed by atoms with Crippen LogP contribution >= 0.6 is 23.5 Å². The molecule has 0 radical (unpaired) electrons. The lowest BCUT2D eigenvalue weighted by atomic mass is 9.89. The molecule has 2 fully saturated rings. The smallest absolute Gasteiger partial charge is 0.350 e. The first kappa shape index (κ1) is 30.2. The van der Waals surface area contributed by atoms with E-state index in [0.29, 0.717) is 10.5 Å². The molecule has 1 aromatic heterocycles. The van der Waals surface area contributed by atoms with Crippen molar-refractivity contribution in [1.82, 2.24) is 19.5 Å². The molecule has 216 valence electrons. The summed E-state index contributed by atoms with van der Waals surface area (Å²) in [6.45, 7) is 0.319. The summed E-state index contributed by atoms with van der Waals surface area (Å²) < 4.78 is 83.3. The lowest BCUT2D eigenvalue weighted by molar-refractivity contribution is -0.160. The van der Waals surface area contributed by atoms with Crippen molar-refractivity contribution in [2.75, 3.05) is 26.2 Å². The number of nitrogens with zero attached hydrogens (tertiary/aromatic N) is 3. The number of piperidine rings is 1. The summed E-state index contributed by atoms with van der Waals surface area (Å²) in [5, 5.41) is 2.66. The summed E-state index contributed by atoms with van der Waals surface area (Å²) in [6, 6.07) is 6.91. The number of pyridine rings is 1. The molecule has 40 heavy (non-hydrogen) atoms. The Morgan fingerprint density at radius 1 is 1.20 bits per heavy atom. The Labute approximate surface area is 235 Å². The monoisotopic (exact) mass is 606 g/mol. The van der Waals surface area contributed by atoms with Crippen LogP contribution in [0.3, 0.4) is 0 Å². The van der Waals surface area contributed by atoms with E-state index in [1.807, 2.05) is 0 Å². The van der Waals surface area contributed by atoms with Crippen LogP contribution in [0.4, 0.5) is 26.3 Å². The Balaban J connectivity index is 1.39. The Kier molecular flexibility index (Phi) is 8.77. The molecule has 0 aliphatic carbocycles. The predicted octanol–water partition coefficient (Wildman–Crippen LogP) is 5.77. The van der Waals surface area contributed by atoms with E-state index in [2.05, 4.69) is 10.3 Å². The number of hydrogen-bond donors (Lipinski definition) is 1. The lowest BCUT2D eigenvalue weighted by Gasteiger charge is -2.39. The zero-order valence-corrected chi connectivity index (χ0v) is 22.7. The van der Waals surface area contributed by atoms with Gasteiger partial charge >= 0.3 is 6.18 Å². The molecule has 2 amide bonds. The van der Waals surface area contributed by atoms with Gasteiger partial charge in [0.25, 0.3) is 11.8 Å². The fraction of sp³-hybridized carbons (Fsp3) is 0.423. The van der Waals surface area contributed by atoms with Crippen molar-refractivity contribution < 1.29 is 35.9 Å². The first-order chi connectivity index (χ1) is 18.7. The fourth-order valence-electron chi connectivity index (χ4n) is 4.45. The maximum Gasteiger partial charge on any atom is 0.433 e. The van der Waals surface area contributed by atoms with Crippen LogP contribution in [0.15, 0.2) is 53.6 Å². The maximum absolute atomic E-state index is 15.6. The molecule has 2 aliphatic heterocycles. The summed E-state index contributed by atoms with van der Waals surface area (Å²) in [5.74, 6) is -4.38. The van der Waals surface area contributed by atoms with Gasteiger partial charge in [-0.15, -0.1) is 0 Å². The van der Waals surface area contributed by atoms with Gasteiger partial charge in [0, 0.05) is 65.3 Å². The van der Waals surface area contributed by atoms with Crippen LogP contribution in [0.2, 0.25) is 5.02 Å². The van der Waals surface area contributed by atoms with Crippen LogP contribution in [0.5, 0.6) is 0 Å². The van der Waals surface area contributed by atoms with Crippen molar-refractivity contribution in [3.05, 3.63) is 59.4 Å². The molecular formula is C26H25ClF6N4O2S. The van der Waals surface area contributed by atoms with Gasteiger partial charge in [0.2, 0.25) is 5.91 Å². The highest BCUT2D eigenvalue weighted by atomic mass is 35.5. The predicted molar refractivity (Wildman–Crippen MR) is 138 cm³/mol. The third-order valence-corrected chi connectivity index (χ3v) is 8.21. The van der Waals surface area contributed by atoms with Gasteiger partial charge < -0.3 is 10.2 Å². The minimum absolute atomic E-state index is 0.107. The Bertz CT molecular complexity index is 1300. The largest absolute Gasteiger partial charge is 0.433 e. The second kappa shape index (κ2) is 11.6. The number of alkyl halides is 6. The van der Waals surface area contributed by atoms with Gasteiger partial charge in [0.05, 0.1) is 13.1 Å². The highest BCUT2D eigenvalue weighted by Gasteiger charge is 2.46. The molecule has 0 unspecified atom stereocenters. The molecule has 3 heterocycles. The molecule has 0 saturated carbocycles. The first-order valence-corrected chi connectivity index (χ1v) is 13.4. The highest BCUT2D eigenvalue weighted by molar-refractivity contribution is 7.97. The van der Waals surface area contributed by atoms with E-state index in [1.54, 1.807) is 35.5 Å². The molecule has 1 aromatic carbocycles. The Morgan fingerprint density at radius 3 is 2.52 bits per heavy atom. The third-order valence-electron chi connectivity index (χ3n) is 6.58. The average molecular weight is 607 g/mol. The number of aromatic nitrogens is 1. The average Bonchev–Trinajstić information content (AvgIpc) is 2.86. The zero-order valence-electron chi connectivity index (χ0n) is 21.2. The van der Waals surface area contributed by atoms with Gasteiger partial charge in [-0.3, -0.25) is 14.6 Å². The number of likely N-dealkylation sites (tertiary alicyclic amines) is 1. The number of nitrogens with one attached hydrogen (secondary N) is 1. The quantitative estimate of drug-likeness (QED) is 0.246. The van der Waals surface area contributed by atoms with Crippen LogP contribution in [0, 0.1) is 0 Å². The van der Waals surface area contributed by atoms with Gasteiger partial charge in [-0.1, -0.05) is 35.9 Å². The van der Waals surface area contributed by atoms with Crippen molar-refractivity contribution in [3.63, 3.8) is 0 Å². The number of hydrogen-bond acceptors (Lipinski definition) is 5. The fourth-order valence-corrected chi connectivity index (χ4v) is 5.75. The van der Waals surface area contributed by atoms with Gasteiger partial charge in [-0.05, 0) is 31.0 Å². The van der Waals surface area contributed by atoms with E-state index in [4.69, 9.17) is 11.6 Å². The van der Waals surface area contributed by atoms with Crippen molar-refractivity contribution in [2.45, 2.75) is 48.5 Å². The molecule has 2 aliphatic rings. The molecular weight excluding hydrogens is 582 g/mol. The molecule has 2 atom stereocenters. The van der Waals surface area contributed by atoms with Crippen molar-refractivity contribution in [2.24, 2.45) is 0 Å². The minimum atomic E-state index is -4.66. The molecule has 0 spiro atoms. The van der Waals surface area contributed by atoms with Gasteiger partial charge in [0.15, 0.2) is 5.67 Å². The van der Waals surface area contributed by atoms with Crippen molar-refractivity contribution in [3.8, 4) is 11.1 Å². The van der Waals surface area contributed by atoms with Crippen LogP contribution in [0.1, 0.15) is 25.5 Å². The molecule has 1 N–H and O–H groups in total. The van der Waals surface area contributed by atoms with Crippen LogP contribution in [0.25, 0.3) is 11.1 Å². The number of rotatable bonds is 7. The second-order valence-corrected chi connectivity index (χ2v) is 11.2. The number of carbonyl (C=O) groups is 2. The van der Waals surface area contributed by atoms with E-state index in [0.717, 1.165) is 35.2 Å². The SMILES string of the molecule is C[C@@H]1C[C@](F)(C(=O)NC/C=C\C(=O)N2CC(F)(F)C2)CCN1Sc1cnc(C(F)(F)F)cc1-c1ccccc1Cl. The van der Waals surface area contributed by atoms with Gasteiger partial charge in [0.1, 0.15) is 5.69 Å². The molecule has 4 rings (SSSR count). The second-order valence-electron chi connectivity index (χ2n) is 9.71. The molecule has 6 nitrogen and oxygen atoms in total. The van der Waals surface area contributed by atoms with Gasteiger partial charge in [-0.2, -0.15) is 13.2 Å². The zero-order chi connectivity index (χ0) is 29.3. The number of halogens is 7. The molecule has 14 heteroatoms. The van der Waals surface area contributed by atoms with Crippen LogP contribution < -0.4 is 5.32 Å². The topological polar surface area (TPSA) is 65.5 Å². The Hall–Kier alpha value is -2.77. The molecule has 0 bridgehead atoms. The van der Waals surface area contributed by atoms with Gasteiger partial charge in [-0.25, -0.2) is 17.5 Å². The minimum Gasteiger partial charge on any atom is -0.350 e. The summed E-state index contributed by atoms with van der Waals surface area (Å²) in [7, 11) is 0. The van der Waals surface area contributed by atoms with Crippen LogP contribution in [-0.4, -0.2) is 69.8 Å². The summed E-state index contributed by atoms with van der Waals surface area (Å²) >= 11 is 7.38. The van der Waals surface area contributed by atoms with E-state index in [-0.39, 0.29) is 36.5 Å². The summed E-state index contributed by atoms with van der Waals surface area (Å²) in [4.78, 5) is 29.3. The van der Waals surface area contributed by atoms with E-state index < -0.39 is 54.4 Å². The summed E-state index contributed by atoms with van der Waals surface area (Å²) in [6.07, 6.45) is -1.61. The maximum atomic E-state index is 15.6. The summed E-state index contributed by atoms with van der Waals surface area (Å²) in [5.41, 5.74) is -2.67. The highest BCUT2D eigenvalue weighted by Crippen LogP contribution is 2.42. The Morgan fingerprint density at radius 2 is 1.90 bits per heavy atom. The number of amides is 2. The first-order valence-electron chi connectivity index (χ1n) is 12.3. The van der Waals surface area contributed by atoms with Crippen molar-refractivity contribution in [1.29, 1.82) is 0 Å². The number of carbonyl (C=O) groups excluding carboxylic acids is 2. The third kappa shape index (κ3) is 6.92. The molecule has 2 saturated heterocycles. The van der Waals surface area contributed by atoms with E-state index >= 15 is 4.39 Å². The van der Waals surface area contributed by atoms with E-state index in [1.165, 1.54) is 6.08 Å². The normalized spacial score (nSPS) is 23.2. The standard InChI is InChI=1S/C26H25ClF6N4O2S/c1-16-12-24(28,23(39)34-9-4-7-22(38)36-14-25(29,30)15-36)8-10-37(16)40-20-13-35-21(26(31,32)33)11-18(20)17-5-2-3-6-19(17)27/h2-7,11,13,16H,8-10,12,14-15H2,1H3,(H,34,39)/b7-4-/t16-,24+/m1/s1.